The smallest absolute Gasteiger partial charge is 0.346 e. The normalized spacial score (nSPS) is 20.7. The van der Waals surface area contributed by atoms with Gasteiger partial charge in [-0.3, -0.25) is 0 Å². The van der Waals surface area contributed by atoms with Crippen LogP contribution >= 0.6 is 11.3 Å². The number of nitrogens with one attached hydrogen (secondary N) is 1. The van der Waals surface area contributed by atoms with E-state index in [-0.39, 0.29) is 24.7 Å². The second-order valence-electron chi connectivity index (χ2n) is 7.01. The number of halogens is 2. The molecule has 2 aromatic heterocycles. The van der Waals surface area contributed by atoms with Gasteiger partial charge in [0.1, 0.15) is 21.9 Å². The summed E-state index contributed by atoms with van der Waals surface area (Å²) in [7, 11) is 0. The molecule has 2 aliphatic carbocycles. The molecule has 5 nitrogen and oxygen atoms in total. The van der Waals surface area contributed by atoms with E-state index in [9.17, 15) is 18.7 Å². The third-order valence-electron chi connectivity index (χ3n) is 5.10. The second kappa shape index (κ2) is 6.16. The van der Waals surface area contributed by atoms with Crippen molar-refractivity contribution >= 4 is 33.3 Å². The Morgan fingerprint density at radius 1 is 1.28 bits per heavy atom. The number of aromatic nitrogens is 2. The summed E-state index contributed by atoms with van der Waals surface area (Å²) in [5.41, 5.74) is 0.839. The number of thiophene rings is 1. The Kier molecular flexibility index (Phi) is 4.10. The molecule has 2 saturated carbocycles. The first-order valence-electron chi connectivity index (χ1n) is 8.57. The van der Waals surface area contributed by atoms with Crippen molar-refractivity contribution < 1.29 is 18.7 Å². The predicted molar refractivity (Wildman–Crippen MR) is 91.7 cm³/mol. The average molecular weight is 367 g/mol. The fraction of sp³-hybridized carbons (Fsp3) is 0.588. The SMILES string of the molecule is O=C(O)c1sc2ncnc(NCC3CCC(F)(F)CC3)c2c1C1CC1. The van der Waals surface area contributed by atoms with Gasteiger partial charge in [0, 0.05) is 19.4 Å². The van der Waals surface area contributed by atoms with Crippen LogP contribution in [0.5, 0.6) is 0 Å². The Morgan fingerprint density at radius 2 is 2.00 bits per heavy atom. The first-order chi connectivity index (χ1) is 11.9. The molecule has 0 bridgehead atoms. The van der Waals surface area contributed by atoms with Crippen molar-refractivity contribution in [3.8, 4) is 0 Å². The number of hydrogen-bond acceptors (Lipinski definition) is 5. The van der Waals surface area contributed by atoms with Crippen LogP contribution < -0.4 is 5.32 Å². The van der Waals surface area contributed by atoms with Gasteiger partial charge in [-0.05, 0) is 43.1 Å². The number of carbonyl (C=O) groups is 1. The van der Waals surface area contributed by atoms with Gasteiger partial charge in [-0.15, -0.1) is 11.3 Å². The number of fused-ring (bicyclic) bond motifs is 1. The van der Waals surface area contributed by atoms with Crippen LogP contribution in [-0.2, 0) is 0 Å². The molecule has 0 atom stereocenters. The molecule has 8 heteroatoms. The third kappa shape index (κ3) is 3.31. The first kappa shape index (κ1) is 16.6. The quantitative estimate of drug-likeness (QED) is 0.814. The molecular formula is C17H19F2N3O2S. The highest BCUT2D eigenvalue weighted by molar-refractivity contribution is 7.20. The molecule has 0 aliphatic heterocycles. The van der Waals surface area contributed by atoms with E-state index < -0.39 is 11.9 Å². The molecule has 0 saturated heterocycles. The van der Waals surface area contributed by atoms with Gasteiger partial charge in [-0.2, -0.15) is 0 Å². The highest BCUT2D eigenvalue weighted by Gasteiger charge is 2.36. The molecule has 134 valence electrons. The van der Waals surface area contributed by atoms with Gasteiger partial charge in [0.05, 0.1) is 5.39 Å². The Bertz CT molecular complexity index is 810. The minimum absolute atomic E-state index is 0.0620. The third-order valence-corrected chi connectivity index (χ3v) is 6.20. The molecule has 0 unspecified atom stereocenters. The van der Waals surface area contributed by atoms with Gasteiger partial charge in [0.2, 0.25) is 5.92 Å². The molecular weight excluding hydrogens is 348 g/mol. The molecule has 0 aromatic carbocycles. The molecule has 0 radical (unpaired) electrons. The fourth-order valence-electron chi connectivity index (χ4n) is 3.55. The summed E-state index contributed by atoms with van der Waals surface area (Å²) in [6.45, 7) is 0.574. The first-order valence-corrected chi connectivity index (χ1v) is 9.38. The van der Waals surface area contributed by atoms with Crippen molar-refractivity contribution in [1.82, 2.24) is 9.97 Å². The lowest BCUT2D eigenvalue weighted by atomic mass is 9.87. The van der Waals surface area contributed by atoms with Crippen LogP contribution in [-0.4, -0.2) is 33.5 Å². The van der Waals surface area contributed by atoms with Crippen molar-refractivity contribution in [2.45, 2.75) is 50.4 Å². The largest absolute Gasteiger partial charge is 0.477 e. The van der Waals surface area contributed by atoms with E-state index in [4.69, 9.17) is 0 Å². The number of anilines is 1. The molecule has 0 spiro atoms. The molecule has 0 amide bonds. The summed E-state index contributed by atoms with van der Waals surface area (Å²) in [5.74, 6) is -2.37. The second-order valence-corrected chi connectivity index (χ2v) is 8.01. The monoisotopic (exact) mass is 367 g/mol. The van der Waals surface area contributed by atoms with E-state index in [1.165, 1.54) is 17.7 Å². The van der Waals surface area contributed by atoms with Crippen LogP contribution in [0.1, 0.15) is 59.7 Å². The van der Waals surface area contributed by atoms with Crippen LogP contribution in [0.25, 0.3) is 10.2 Å². The summed E-state index contributed by atoms with van der Waals surface area (Å²) in [6.07, 6.45) is 4.26. The van der Waals surface area contributed by atoms with E-state index in [1.54, 1.807) is 0 Å². The van der Waals surface area contributed by atoms with Gasteiger partial charge in [0.25, 0.3) is 0 Å². The fourth-order valence-corrected chi connectivity index (χ4v) is 4.62. The van der Waals surface area contributed by atoms with Gasteiger partial charge < -0.3 is 10.4 Å². The number of hydrogen-bond donors (Lipinski definition) is 2. The van der Waals surface area contributed by atoms with Gasteiger partial charge in [-0.1, -0.05) is 0 Å². The van der Waals surface area contributed by atoms with Crippen molar-refractivity contribution in [2.75, 3.05) is 11.9 Å². The van der Waals surface area contributed by atoms with E-state index >= 15 is 0 Å². The Hall–Kier alpha value is -1.83. The number of carboxylic acids is 1. The standard InChI is InChI=1S/C17H19F2N3O2S/c18-17(19)5-3-9(4-6-17)7-20-14-12-11(10-1-2-10)13(16(23)24)25-15(12)22-8-21-14/h8-10H,1-7H2,(H,23,24)(H,20,21,22). The van der Waals surface area contributed by atoms with E-state index in [1.807, 2.05) is 0 Å². The van der Waals surface area contributed by atoms with Crippen molar-refractivity contribution in [2.24, 2.45) is 5.92 Å². The van der Waals surface area contributed by atoms with Crippen LogP contribution in [0.15, 0.2) is 6.33 Å². The maximum atomic E-state index is 13.3. The maximum Gasteiger partial charge on any atom is 0.346 e. The number of nitrogens with zero attached hydrogens (tertiary/aromatic N) is 2. The van der Waals surface area contributed by atoms with E-state index in [2.05, 4.69) is 15.3 Å². The Morgan fingerprint density at radius 3 is 2.64 bits per heavy atom. The summed E-state index contributed by atoms with van der Waals surface area (Å²) in [6, 6.07) is 0. The highest BCUT2D eigenvalue weighted by Crippen LogP contribution is 2.49. The summed E-state index contributed by atoms with van der Waals surface area (Å²) in [5, 5.41) is 13.6. The molecule has 2 aliphatic rings. The van der Waals surface area contributed by atoms with Crippen LogP contribution in [0.3, 0.4) is 0 Å². The Balaban J connectivity index is 1.58. The van der Waals surface area contributed by atoms with Gasteiger partial charge in [-0.25, -0.2) is 23.5 Å². The highest BCUT2D eigenvalue weighted by atomic mass is 32.1. The summed E-state index contributed by atoms with van der Waals surface area (Å²) < 4.78 is 26.6. The molecule has 2 heterocycles. The minimum atomic E-state index is -2.53. The Labute approximate surface area is 147 Å². The van der Waals surface area contributed by atoms with Crippen molar-refractivity contribution in [1.29, 1.82) is 0 Å². The van der Waals surface area contributed by atoms with Crippen molar-refractivity contribution in [3.63, 3.8) is 0 Å². The van der Waals surface area contributed by atoms with Crippen LogP contribution in [0.4, 0.5) is 14.6 Å². The number of aromatic carboxylic acids is 1. The molecule has 2 fully saturated rings. The minimum Gasteiger partial charge on any atom is -0.477 e. The van der Waals surface area contributed by atoms with Gasteiger partial charge in [0.15, 0.2) is 0 Å². The predicted octanol–water partition coefficient (Wildman–Crippen LogP) is 4.50. The summed E-state index contributed by atoms with van der Waals surface area (Å²) in [4.78, 5) is 21.1. The molecule has 2 aromatic rings. The topological polar surface area (TPSA) is 75.1 Å². The van der Waals surface area contributed by atoms with Crippen LogP contribution in [0.2, 0.25) is 0 Å². The maximum absolute atomic E-state index is 13.3. The zero-order chi connectivity index (χ0) is 17.6. The zero-order valence-electron chi connectivity index (χ0n) is 13.6. The lowest BCUT2D eigenvalue weighted by molar-refractivity contribution is -0.0443. The number of rotatable bonds is 5. The number of alkyl halides is 2. The molecule has 25 heavy (non-hydrogen) atoms. The van der Waals surface area contributed by atoms with Crippen LogP contribution in [0, 0.1) is 5.92 Å². The van der Waals surface area contributed by atoms with Crippen molar-refractivity contribution in [3.05, 3.63) is 16.8 Å². The average Bonchev–Trinajstić information content (AvgIpc) is 3.33. The lowest BCUT2D eigenvalue weighted by Crippen LogP contribution is -2.28. The zero-order valence-corrected chi connectivity index (χ0v) is 14.4. The lowest BCUT2D eigenvalue weighted by Gasteiger charge is -2.28. The number of carboxylic acid groups (broad SMARTS) is 1. The van der Waals surface area contributed by atoms with E-state index in [0.717, 1.165) is 23.8 Å². The molecule has 4 rings (SSSR count). The van der Waals surface area contributed by atoms with E-state index in [0.29, 0.717) is 34.9 Å². The summed E-state index contributed by atoms with van der Waals surface area (Å²) >= 11 is 1.19. The molecule has 2 N–H and O–H groups in total. The van der Waals surface area contributed by atoms with Gasteiger partial charge >= 0.3 is 5.97 Å².